The summed E-state index contributed by atoms with van der Waals surface area (Å²) in [4.78, 5) is 30.4. The molecule has 0 N–H and O–H groups in total. The molecule has 0 saturated heterocycles. The Bertz CT molecular complexity index is 255. The van der Waals surface area contributed by atoms with Crippen LogP contribution in [0.3, 0.4) is 0 Å². The van der Waals surface area contributed by atoms with Crippen molar-refractivity contribution in [1.82, 2.24) is 0 Å². The maximum Gasteiger partial charge on any atom is 1.00 e. The van der Waals surface area contributed by atoms with Gasteiger partial charge in [-0.1, -0.05) is 6.58 Å². The standard InChI is InChI=1S/C7H13O7P.2Li/c1-2-7(8)13-5-3-12-4-6-14-15(9,10)11;;/h2H,1,3-6H2,(H2,9,10,11);;/q;2*+1/p-2. The van der Waals surface area contributed by atoms with E-state index in [1.54, 1.807) is 0 Å². The molecule has 0 aromatic carbocycles. The Morgan fingerprint density at radius 1 is 1.18 bits per heavy atom. The molecule has 0 aliphatic rings. The normalized spacial score (nSPS) is 9.76. The molecule has 10 heteroatoms. The van der Waals surface area contributed by atoms with Gasteiger partial charge in [-0.3, -0.25) is 0 Å². The molecule has 0 heterocycles. The second-order valence-electron chi connectivity index (χ2n) is 2.26. The minimum atomic E-state index is -4.92. The first-order valence-corrected chi connectivity index (χ1v) is 5.45. The minimum Gasteiger partial charge on any atom is -0.790 e. The second-order valence-corrected chi connectivity index (χ2v) is 3.42. The molecule has 0 unspecified atom stereocenters. The molecular weight excluding hydrogens is 241 g/mol. The van der Waals surface area contributed by atoms with E-state index in [0.29, 0.717) is 0 Å². The number of ether oxygens (including phenoxy) is 2. The van der Waals surface area contributed by atoms with Crippen LogP contribution < -0.4 is 47.5 Å². The van der Waals surface area contributed by atoms with Crippen molar-refractivity contribution >= 4 is 13.8 Å². The van der Waals surface area contributed by atoms with E-state index in [1.807, 2.05) is 0 Å². The van der Waals surface area contributed by atoms with E-state index in [-0.39, 0.29) is 64.1 Å². The van der Waals surface area contributed by atoms with Crippen molar-refractivity contribution in [2.24, 2.45) is 0 Å². The summed E-state index contributed by atoms with van der Waals surface area (Å²) in [5.41, 5.74) is 0. The van der Waals surface area contributed by atoms with Gasteiger partial charge >= 0.3 is 43.7 Å². The molecule has 17 heavy (non-hydrogen) atoms. The van der Waals surface area contributed by atoms with Crippen LogP contribution in [0.2, 0.25) is 0 Å². The third-order valence-electron chi connectivity index (χ3n) is 1.12. The van der Waals surface area contributed by atoms with Crippen LogP contribution in [-0.4, -0.2) is 32.4 Å². The van der Waals surface area contributed by atoms with Gasteiger partial charge in [0.25, 0.3) is 0 Å². The molecule has 7 nitrogen and oxygen atoms in total. The van der Waals surface area contributed by atoms with Gasteiger partial charge in [0.2, 0.25) is 0 Å². The predicted octanol–water partition coefficient (Wildman–Crippen LogP) is -7.41. The van der Waals surface area contributed by atoms with E-state index in [0.717, 1.165) is 6.08 Å². The number of rotatable bonds is 8. The van der Waals surface area contributed by atoms with Crippen molar-refractivity contribution in [3.63, 3.8) is 0 Å². The molecule has 0 aromatic heterocycles. The summed E-state index contributed by atoms with van der Waals surface area (Å²) in [5, 5.41) is 0. The van der Waals surface area contributed by atoms with E-state index in [4.69, 9.17) is 4.74 Å². The number of carbonyl (C=O) groups is 1. The van der Waals surface area contributed by atoms with Crippen LogP contribution in [0.15, 0.2) is 12.7 Å². The van der Waals surface area contributed by atoms with E-state index < -0.39 is 13.8 Å². The SMILES string of the molecule is C=CC(=O)OCCOCCOP(=O)([O-])[O-].[Li+].[Li+]. The molecule has 0 amide bonds. The quantitative estimate of drug-likeness (QED) is 0.139. The molecule has 88 valence electrons. The van der Waals surface area contributed by atoms with Crippen LogP contribution in [0.1, 0.15) is 0 Å². The first-order valence-electron chi connectivity index (χ1n) is 3.99. The molecule has 0 atom stereocenters. The van der Waals surface area contributed by atoms with Crippen molar-refractivity contribution < 1.29 is 70.9 Å². The zero-order valence-corrected chi connectivity index (χ0v) is 10.8. The monoisotopic (exact) mass is 252 g/mol. The molecular formula is C7H11Li2O7P. The molecule has 0 aromatic rings. The summed E-state index contributed by atoms with van der Waals surface area (Å²) in [7, 11) is -4.92. The van der Waals surface area contributed by atoms with E-state index in [2.05, 4.69) is 15.8 Å². The van der Waals surface area contributed by atoms with Crippen molar-refractivity contribution in [3.05, 3.63) is 12.7 Å². The van der Waals surface area contributed by atoms with Crippen LogP contribution >= 0.6 is 7.82 Å². The van der Waals surface area contributed by atoms with Crippen LogP contribution in [0, 0.1) is 0 Å². The number of carbonyl (C=O) groups excluding carboxylic acids is 1. The van der Waals surface area contributed by atoms with E-state index in [9.17, 15) is 19.1 Å². The van der Waals surface area contributed by atoms with Crippen LogP contribution in [0.25, 0.3) is 0 Å². The average molecular weight is 252 g/mol. The number of esters is 1. The molecule has 0 fully saturated rings. The van der Waals surface area contributed by atoms with E-state index in [1.165, 1.54) is 0 Å². The summed E-state index contributed by atoms with van der Waals surface area (Å²) in [6.07, 6.45) is 1.01. The largest absolute Gasteiger partial charge is 1.00 e. The fraction of sp³-hybridized carbons (Fsp3) is 0.571. The molecule has 0 rings (SSSR count). The first kappa shape index (κ1) is 22.6. The predicted molar refractivity (Wildman–Crippen MR) is 45.5 cm³/mol. The zero-order chi connectivity index (χ0) is 11.7. The van der Waals surface area contributed by atoms with Gasteiger partial charge in [-0.15, -0.1) is 0 Å². The molecule has 0 aliphatic carbocycles. The summed E-state index contributed by atoms with van der Waals surface area (Å²) < 4.78 is 23.2. The minimum absolute atomic E-state index is 0. The molecule has 0 bridgehead atoms. The molecule has 0 saturated carbocycles. The Balaban J connectivity index is -0.000000980. The number of hydrogen-bond donors (Lipinski definition) is 0. The summed E-state index contributed by atoms with van der Waals surface area (Å²) >= 11 is 0. The molecule has 0 aliphatic heterocycles. The topological polar surface area (TPSA) is 108 Å². The molecule has 0 spiro atoms. The Labute approximate surface area is 123 Å². The van der Waals surface area contributed by atoms with Crippen molar-refractivity contribution in [2.75, 3.05) is 26.4 Å². The number of phosphoric acid groups is 1. The van der Waals surface area contributed by atoms with Crippen molar-refractivity contribution in [3.8, 4) is 0 Å². The van der Waals surface area contributed by atoms with Gasteiger partial charge in [0.1, 0.15) is 6.61 Å². The van der Waals surface area contributed by atoms with Gasteiger partial charge < -0.3 is 28.3 Å². The Morgan fingerprint density at radius 3 is 2.18 bits per heavy atom. The van der Waals surface area contributed by atoms with Gasteiger partial charge in [-0.2, -0.15) is 0 Å². The van der Waals surface area contributed by atoms with Gasteiger partial charge in [0, 0.05) is 6.08 Å². The third-order valence-corrected chi connectivity index (χ3v) is 1.61. The van der Waals surface area contributed by atoms with Gasteiger partial charge in [-0.25, -0.2) is 4.79 Å². The molecule has 0 radical (unpaired) electrons. The fourth-order valence-corrected chi connectivity index (χ4v) is 0.868. The maximum atomic E-state index is 10.5. The summed E-state index contributed by atoms with van der Waals surface area (Å²) in [5.74, 6) is -0.571. The van der Waals surface area contributed by atoms with E-state index >= 15 is 0 Å². The zero-order valence-electron chi connectivity index (χ0n) is 9.92. The number of hydrogen-bond acceptors (Lipinski definition) is 7. The second kappa shape index (κ2) is 12.9. The Morgan fingerprint density at radius 2 is 1.71 bits per heavy atom. The third kappa shape index (κ3) is 19.0. The Hall–Kier alpha value is 0.475. The number of phosphoric ester groups is 1. The van der Waals surface area contributed by atoms with Crippen LogP contribution in [-0.2, 0) is 23.4 Å². The maximum absolute atomic E-state index is 10.5. The van der Waals surface area contributed by atoms with Gasteiger partial charge in [-0.05, 0) is 0 Å². The fourth-order valence-electron chi connectivity index (χ4n) is 0.570. The van der Waals surface area contributed by atoms with Crippen molar-refractivity contribution in [1.29, 1.82) is 0 Å². The first-order chi connectivity index (χ1) is 6.95. The van der Waals surface area contributed by atoms with Crippen LogP contribution in [0.4, 0.5) is 0 Å². The smallest absolute Gasteiger partial charge is 0.790 e. The average Bonchev–Trinajstić information content (AvgIpc) is 2.14. The van der Waals surface area contributed by atoms with Gasteiger partial charge in [0.05, 0.1) is 27.6 Å². The van der Waals surface area contributed by atoms with Gasteiger partial charge in [0.15, 0.2) is 0 Å². The Kier molecular flexibility index (Phi) is 17.2. The summed E-state index contributed by atoms with van der Waals surface area (Å²) in [6, 6.07) is 0. The summed E-state index contributed by atoms with van der Waals surface area (Å²) in [6.45, 7) is 2.88. The van der Waals surface area contributed by atoms with Crippen molar-refractivity contribution in [2.45, 2.75) is 0 Å². The van der Waals surface area contributed by atoms with Crippen LogP contribution in [0.5, 0.6) is 0 Å².